The molecule has 0 aliphatic heterocycles. The lowest BCUT2D eigenvalue weighted by Gasteiger charge is -2.23. The van der Waals surface area contributed by atoms with Gasteiger partial charge in [-0.1, -0.05) is 15.9 Å². The molecule has 2 aromatic heterocycles. The molecule has 10 nitrogen and oxygen atoms in total. The number of nitrogens with zero attached hydrogens (tertiary/aromatic N) is 5. The maximum absolute atomic E-state index is 13.5. The number of aliphatic carboxylic acids is 1. The zero-order chi connectivity index (χ0) is 26.7. The van der Waals surface area contributed by atoms with Crippen LogP contribution in [0, 0.1) is 6.92 Å². The highest BCUT2D eigenvalue weighted by molar-refractivity contribution is 9.10. The summed E-state index contributed by atoms with van der Waals surface area (Å²) in [7, 11) is -0.149. The summed E-state index contributed by atoms with van der Waals surface area (Å²) in [4.78, 5) is 22.6. The average Bonchev–Trinajstić information content (AvgIpc) is 3.25. The quantitative estimate of drug-likeness (QED) is 0.288. The number of fused-ring (bicyclic) bond motifs is 1. The number of halogens is 1. The van der Waals surface area contributed by atoms with E-state index in [1.54, 1.807) is 43.6 Å². The maximum Gasteiger partial charge on any atom is 0.324 e. The fourth-order valence-electron chi connectivity index (χ4n) is 3.85. The standard InChI is InChI=1S/C25H27BrN6O4S/c1-17-10-19(26)13-21(11-17)37(35,36)32(16-25(33)34)20-4-5-22-18(12-20)6-8-31(22)24-15-28-23(14-29-24)27-7-9-30(2)3/h4-6,8,10-15H,7,9,16H2,1-3H3,(H,27,28)(H,33,34). The number of carboxylic acid groups (broad SMARTS) is 1. The number of aromatic nitrogens is 3. The lowest BCUT2D eigenvalue weighted by molar-refractivity contribution is -0.135. The molecule has 0 aliphatic rings. The number of benzene rings is 2. The number of nitrogens with one attached hydrogen (secondary N) is 1. The predicted octanol–water partition coefficient (Wildman–Crippen LogP) is 3.74. The van der Waals surface area contributed by atoms with Crippen LogP contribution in [0.15, 0.2) is 70.4 Å². The molecule has 0 aliphatic carbocycles. The molecule has 0 bridgehead atoms. The Kier molecular flexibility index (Phi) is 7.81. The van der Waals surface area contributed by atoms with Crippen molar-refractivity contribution in [2.75, 3.05) is 43.4 Å². The predicted molar refractivity (Wildman–Crippen MR) is 147 cm³/mol. The molecular formula is C25H27BrN6O4S. The summed E-state index contributed by atoms with van der Waals surface area (Å²) in [5.74, 6) is 0.00435. The van der Waals surface area contributed by atoms with E-state index in [0.717, 1.165) is 33.9 Å². The van der Waals surface area contributed by atoms with Gasteiger partial charge in [0.1, 0.15) is 12.4 Å². The van der Waals surface area contributed by atoms with Gasteiger partial charge in [0.15, 0.2) is 5.82 Å². The highest BCUT2D eigenvalue weighted by atomic mass is 79.9. The zero-order valence-electron chi connectivity index (χ0n) is 20.6. The van der Waals surface area contributed by atoms with Crippen LogP contribution in [0.2, 0.25) is 0 Å². The number of carboxylic acids is 1. The minimum atomic E-state index is -4.14. The zero-order valence-corrected chi connectivity index (χ0v) is 23.0. The highest BCUT2D eigenvalue weighted by Crippen LogP contribution is 2.30. The number of carbonyl (C=O) groups is 1. The van der Waals surface area contributed by atoms with Crippen LogP contribution in [-0.4, -0.2) is 72.7 Å². The molecule has 0 radical (unpaired) electrons. The van der Waals surface area contributed by atoms with Crippen LogP contribution >= 0.6 is 15.9 Å². The summed E-state index contributed by atoms with van der Waals surface area (Å²) >= 11 is 3.32. The first kappa shape index (κ1) is 26.6. The lowest BCUT2D eigenvalue weighted by Crippen LogP contribution is -2.35. The Morgan fingerprint density at radius 3 is 2.54 bits per heavy atom. The van der Waals surface area contributed by atoms with E-state index in [1.807, 2.05) is 30.9 Å². The van der Waals surface area contributed by atoms with Crippen molar-refractivity contribution >= 4 is 54.3 Å². The molecule has 0 amide bonds. The van der Waals surface area contributed by atoms with Gasteiger partial charge in [-0.2, -0.15) is 0 Å². The minimum Gasteiger partial charge on any atom is -0.480 e. The summed E-state index contributed by atoms with van der Waals surface area (Å²) in [6.45, 7) is 2.67. The smallest absolute Gasteiger partial charge is 0.324 e. The van der Waals surface area contributed by atoms with Gasteiger partial charge < -0.3 is 15.3 Å². The molecule has 0 spiro atoms. The van der Waals surface area contributed by atoms with Crippen LogP contribution in [0.5, 0.6) is 0 Å². The van der Waals surface area contributed by atoms with Crippen molar-refractivity contribution < 1.29 is 18.3 Å². The van der Waals surface area contributed by atoms with Crippen molar-refractivity contribution in [1.29, 1.82) is 0 Å². The van der Waals surface area contributed by atoms with Gasteiger partial charge in [-0.25, -0.2) is 18.4 Å². The first-order chi connectivity index (χ1) is 17.5. The lowest BCUT2D eigenvalue weighted by atomic mass is 10.2. The monoisotopic (exact) mass is 586 g/mol. The van der Waals surface area contributed by atoms with Crippen molar-refractivity contribution in [3.8, 4) is 5.82 Å². The van der Waals surface area contributed by atoms with E-state index >= 15 is 0 Å². The second-order valence-electron chi connectivity index (χ2n) is 8.79. The number of hydrogen-bond donors (Lipinski definition) is 2. The Bertz CT molecular complexity index is 1520. The average molecular weight is 588 g/mol. The van der Waals surface area contributed by atoms with Crippen LogP contribution in [0.3, 0.4) is 0 Å². The van der Waals surface area contributed by atoms with Gasteiger partial charge in [-0.15, -0.1) is 0 Å². The van der Waals surface area contributed by atoms with Crippen LogP contribution < -0.4 is 9.62 Å². The molecule has 0 fully saturated rings. The third-order valence-corrected chi connectivity index (χ3v) is 7.80. The highest BCUT2D eigenvalue weighted by Gasteiger charge is 2.28. The van der Waals surface area contributed by atoms with E-state index in [-0.39, 0.29) is 10.6 Å². The Morgan fingerprint density at radius 1 is 1.11 bits per heavy atom. The SMILES string of the molecule is Cc1cc(Br)cc(S(=O)(=O)N(CC(=O)O)c2ccc3c(ccn3-c3cnc(NCCN(C)C)cn3)c2)c1. The van der Waals surface area contributed by atoms with Crippen molar-refractivity contribution in [3.05, 3.63) is 71.1 Å². The molecule has 0 atom stereocenters. The van der Waals surface area contributed by atoms with E-state index in [9.17, 15) is 18.3 Å². The van der Waals surface area contributed by atoms with Crippen molar-refractivity contribution in [1.82, 2.24) is 19.4 Å². The molecule has 4 aromatic rings. The van der Waals surface area contributed by atoms with Gasteiger partial charge in [-0.3, -0.25) is 13.7 Å². The number of anilines is 2. The van der Waals surface area contributed by atoms with Crippen LogP contribution in [0.4, 0.5) is 11.5 Å². The number of aryl methyl sites for hydroxylation is 1. The van der Waals surface area contributed by atoms with Crippen molar-refractivity contribution in [2.45, 2.75) is 11.8 Å². The van der Waals surface area contributed by atoms with Crippen molar-refractivity contribution in [2.24, 2.45) is 0 Å². The van der Waals surface area contributed by atoms with Gasteiger partial charge in [0, 0.05) is 29.1 Å². The second-order valence-corrected chi connectivity index (χ2v) is 11.6. The minimum absolute atomic E-state index is 0.00727. The molecule has 194 valence electrons. The number of likely N-dealkylation sites (N-methyl/N-ethyl adjacent to an activating group) is 1. The first-order valence-electron chi connectivity index (χ1n) is 11.4. The molecule has 2 N–H and O–H groups in total. The molecule has 0 saturated heterocycles. The largest absolute Gasteiger partial charge is 0.480 e. The van der Waals surface area contributed by atoms with E-state index in [2.05, 4.69) is 36.1 Å². The van der Waals surface area contributed by atoms with E-state index in [1.165, 1.54) is 12.1 Å². The van der Waals surface area contributed by atoms with Gasteiger partial charge in [0.2, 0.25) is 0 Å². The molecule has 2 heterocycles. The Hall–Kier alpha value is -3.48. The van der Waals surface area contributed by atoms with Gasteiger partial charge in [0.05, 0.1) is 28.5 Å². The molecular weight excluding hydrogens is 560 g/mol. The fourth-order valence-corrected chi connectivity index (χ4v) is 6.14. The molecule has 12 heteroatoms. The van der Waals surface area contributed by atoms with E-state index in [0.29, 0.717) is 16.1 Å². The summed E-state index contributed by atoms with van der Waals surface area (Å²) < 4.78 is 30.3. The van der Waals surface area contributed by atoms with Crippen LogP contribution in [0.1, 0.15) is 5.56 Å². The molecule has 4 rings (SSSR count). The summed E-state index contributed by atoms with van der Waals surface area (Å²) in [6, 6.07) is 11.6. The molecule has 37 heavy (non-hydrogen) atoms. The second kappa shape index (κ2) is 10.9. The van der Waals surface area contributed by atoms with Crippen LogP contribution in [-0.2, 0) is 14.8 Å². The Morgan fingerprint density at radius 2 is 1.89 bits per heavy atom. The van der Waals surface area contributed by atoms with Gasteiger partial charge in [0.25, 0.3) is 10.0 Å². The van der Waals surface area contributed by atoms with Crippen LogP contribution in [0.25, 0.3) is 16.7 Å². The molecule has 0 unspecified atom stereocenters. The normalized spacial score (nSPS) is 11.7. The van der Waals surface area contributed by atoms with Gasteiger partial charge >= 0.3 is 5.97 Å². The van der Waals surface area contributed by atoms with Gasteiger partial charge in [-0.05, 0) is 69.0 Å². The third kappa shape index (κ3) is 6.09. The third-order valence-electron chi connectivity index (χ3n) is 5.59. The molecule has 0 saturated carbocycles. The van der Waals surface area contributed by atoms with Crippen molar-refractivity contribution in [3.63, 3.8) is 0 Å². The number of sulfonamides is 1. The Balaban J connectivity index is 1.66. The summed E-state index contributed by atoms with van der Waals surface area (Å²) in [5, 5.41) is 13.4. The summed E-state index contributed by atoms with van der Waals surface area (Å²) in [6.07, 6.45) is 5.12. The van der Waals surface area contributed by atoms with E-state index in [4.69, 9.17) is 0 Å². The fraction of sp³-hybridized carbons (Fsp3) is 0.240. The van der Waals surface area contributed by atoms with E-state index < -0.39 is 22.5 Å². The first-order valence-corrected chi connectivity index (χ1v) is 13.6. The number of hydrogen-bond acceptors (Lipinski definition) is 7. The number of rotatable bonds is 10. The topological polar surface area (TPSA) is 121 Å². The maximum atomic E-state index is 13.5. The molecule has 2 aromatic carbocycles. The Labute approximate surface area is 223 Å². The summed E-state index contributed by atoms with van der Waals surface area (Å²) in [5.41, 5.74) is 1.75.